The third kappa shape index (κ3) is 3.10. The van der Waals surface area contributed by atoms with Gasteiger partial charge in [0.1, 0.15) is 0 Å². The lowest BCUT2D eigenvalue weighted by Gasteiger charge is -2.13. The van der Waals surface area contributed by atoms with Gasteiger partial charge in [-0.1, -0.05) is 51.8 Å². The van der Waals surface area contributed by atoms with Crippen LogP contribution >= 0.6 is 15.9 Å². The molecule has 3 heteroatoms. The third-order valence-electron chi connectivity index (χ3n) is 3.31. The molecule has 2 aromatic rings. The summed E-state index contributed by atoms with van der Waals surface area (Å²) >= 11 is 3.44. The van der Waals surface area contributed by atoms with Gasteiger partial charge in [0.15, 0.2) is 0 Å². The SMILES string of the molecule is Cc1cc(C)c(C(=O)Nc2ccccc2CBr)c(C)c1. The van der Waals surface area contributed by atoms with Gasteiger partial charge in [0.05, 0.1) is 0 Å². The molecule has 2 aromatic carbocycles. The molecule has 1 N–H and O–H groups in total. The van der Waals surface area contributed by atoms with Gasteiger partial charge in [-0.2, -0.15) is 0 Å². The summed E-state index contributed by atoms with van der Waals surface area (Å²) in [5.41, 5.74) is 5.89. The maximum absolute atomic E-state index is 12.5. The van der Waals surface area contributed by atoms with Gasteiger partial charge in [-0.25, -0.2) is 0 Å². The second-order valence-corrected chi connectivity index (χ2v) is 5.58. The fourth-order valence-electron chi connectivity index (χ4n) is 2.48. The zero-order chi connectivity index (χ0) is 14.7. The molecule has 0 bridgehead atoms. The van der Waals surface area contributed by atoms with E-state index in [1.54, 1.807) is 0 Å². The molecule has 0 spiro atoms. The van der Waals surface area contributed by atoms with Crippen LogP contribution in [-0.2, 0) is 5.33 Å². The van der Waals surface area contributed by atoms with Crippen LogP contribution in [0.3, 0.4) is 0 Å². The predicted octanol–water partition coefficient (Wildman–Crippen LogP) is 4.76. The molecule has 20 heavy (non-hydrogen) atoms. The first-order chi connectivity index (χ1) is 9.52. The summed E-state index contributed by atoms with van der Waals surface area (Å²) in [6.07, 6.45) is 0. The maximum atomic E-state index is 12.5. The fraction of sp³-hybridized carbons (Fsp3) is 0.235. The molecule has 1 amide bonds. The maximum Gasteiger partial charge on any atom is 0.256 e. The van der Waals surface area contributed by atoms with E-state index in [4.69, 9.17) is 0 Å². The highest BCUT2D eigenvalue weighted by Crippen LogP contribution is 2.21. The smallest absolute Gasteiger partial charge is 0.256 e. The lowest BCUT2D eigenvalue weighted by molar-refractivity contribution is 0.102. The summed E-state index contributed by atoms with van der Waals surface area (Å²) in [7, 11) is 0. The predicted molar refractivity (Wildman–Crippen MR) is 87.7 cm³/mol. The van der Waals surface area contributed by atoms with Gasteiger partial charge in [0, 0.05) is 16.6 Å². The molecule has 0 aromatic heterocycles. The number of para-hydroxylation sites is 1. The van der Waals surface area contributed by atoms with Crippen molar-refractivity contribution >= 4 is 27.5 Å². The number of carbonyl (C=O) groups is 1. The van der Waals surface area contributed by atoms with Crippen molar-refractivity contribution in [3.8, 4) is 0 Å². The summed E-state index contributed by atoms with van der Waals surface area (Å²) in [4.78, 5) is 12.5. The molecule has 0 aliphatic heterocycles. The molecular weight excluding hydrogens is 314 g/mol. The van der Waals surface area contributed by atoms with Crippen molar-refractivity contribution < 1.29 is 4.79 Å². The van der Waals surface area contributed by atoms with Crippen molar-refractivity contribution in [2.45, 2.75) is 26.1 Å². The number of hydrogen-bond donors (Lipinski definition) is 1. The zero-order valence-electron chi connectivity index (χ0n) is 12.0. The number of rotatable bonds is 3. The minimum absolute atomic E-state index is 0.0478. The standard InChI is InChI=1S/C17H18BrNO/c1-11-8-12(2)16(13(3)9-11)17(20)19-15-7-5-4-6-14(15)10-18/h4-9H,10H2,1-3H3,(H,19,20). The zero-order valence-corrected chi connectivity index (χ0v) is 13.5. The Morgan fingerprint density at radius 2 is 1.70 bits per heavy atom. The Kier molecular flexibility index (Phi) is 4.61. The van der Waals surface area contributed by atoms with E-state index in [9.17, 15) is 4.79 Å². The average Bonchev–Trinajstić information content (AvgIpc) is 2.38. The molecule has 0 radical (unpaired) electrons. The van der Waals surface area contributed by atoms with E-state index in [-0.39, 0.29) is 5.91 Å². The van der Waals surface area contributed by atoms with Crippen molar-refractivity contribution in [3.63, 3.8) is 0 Å². The first-order valence-electron chi connectivity index (χ1n) is 6.56. The van der Waals surface area contributed by atoms with Gasteiger partial charge < -0.3 is 5.32 Å². The van der Waals surface area contributed by atoms with Crippen LogP contribution in [0, 0.1) is 20.8 Å². The quantitative estimate of drug-likeness (QED) is 0.807. The highest BCUT2D eigenvalue weighted by molar-refractivity contribution is 9.08. The first kappa shape index (κ1) is 14.8. The van der Waals surface area contributed by atoms with Crippen LogP contribution in [0.15, 0.2) is 36.4 Å². The van der Waals surface area contributed by atoms with E-state index in [2.05, 4.69) is 21.2 Å². The minimum Gasteiger partial charge on any atom is -0.322 e. The Morgan fingerprint density at radius 3 is 2.30 bits per heavy atom. The largest absolute Gasteiger partial charge is 0.322 e. The fourth-order valence-corrected chi connectivity index (χ4v) is 2.97. The number of amides is 1. The minimum atomic E-state index is -0.0478. The van der Waals surface area contributed by atoms with Crippen LogP contribution < -0.4 is 5.32 Å². The molecule has 2 nitrogen and oxygen atoms in total. The summed E-state index contributed by atoms with van der Waals surface area (Å²) in [5.74, 6) is -0.0478. The molecule has 0 aliphatic carbocycles. The van der Waals surface area contributed by atoms with E-state index in [1.165, 1.54) is 5.56 Å². The second kappa shape index (κ2) is 6.23. The summed E-state index contributed by atoms with van der Waals surface area (Å²) < 4.78 is 0. The Labute approximate surface area is 128 Å². The number of benzene rings is 2. The Balaban J connectivity index is 2.34. The number of hydrogen-bond acceptors (Lipinski definition) is 1. The number of halogens is 1. The normalized spacial score (nSPS) is 10.4. The van der Waals surface area contributed by atoms with Crippen molar-refractivity contribution in [1.29, 1.82) is 0 Å². The molecule has 0 unspecified atom stereocenters. The van der Waals surface area contributed by atoms with E-state index >= 15 is 0 Å². The van der Waals surface area contributed by atoms with E-state index in [0.29, 0.717) is 0 Å². The summed E-state index contributed by atoms with van der Waals surface area (Å²) in [5, 5.41) is 3.73. The van der Waals surface area contributed by atoms with Gasteiger partial charge >= 0.3 is 0 Å². The molecule has 0 saturated heterocycles. The van der Waals surface area contributed by atoms with Crippen LogP contribution in [-0.4, -0.2) is 5.91 Å². The van der Waals surface area contributed by atoms with E-state index < -0.39 is 0 Å². The lowest BCUT2D eigenvalue weighted by atomic mass is 9.99. The molecule has 0 atom stereocenters. The number of carbonyl (C=O) groups excluding carboxylic acids is 1. The molecule has 0 aliphatic rings. The summed E-state index contributed by atoms with van der Waals surface area (Å²) in [6, 6.07) is 11.9. The van der Waals surface area contributed by atoms with Gasteiger partial charge in [0.25, 0.3) is 5.91 Å². The number of nitrogens with one attached hydrogen (secondary N) is 1. The average molecular weight is 332 g/mol. The van der Waals surface area contributed by atoms with Crippen molar-refractivity contribution in [2.75, 3.05) is 5.32 Å². The number of anilines is 1. The van der Waals surface area contributed by atoms with Crippen molar-refractivity contribution in [1.82, 2.24) is 0 Å². The number of alkyl halides is 1. The molecular formula is C17H18BrNO. The van der Waals surface area contributed by atoms with Gasteiger partial charge in [-0.05, 0) is 43.5 Å². The van der Waals surface area contributed by atoms with Crippen molar-refractivity contribution in [2.24, 2.45) is 0 Å². The number of aryl methyl sites for hydroxylation is 3. The van der Waals surface area contributed by atoms with Gasteiger partial charge in [-0.15, -0.1) is 0 Å². The monoisotopic (exact) mass is 331 g/mol. The van der Waals surface area contributed by atoms with Crippen LogP contribution in [0.2, 0.25) is 0 Å². The van der Waals surface area contributed by atoms with Gasteiger partial charge in [0.2, 0.25) is 0 Å². The molecule has 0 saturated carbocycles. The Hall–Kier alpha value is -1.61. The summed E-state index contributed by atoms with van der Waals surface area (Å²) in [6.45, 7) is 6.00. The molecule has 0 fully saturated rings. The third-order valence-corrected chi connectivity index (χ3v) is 3.92. The van der Waals surface area contributed by atoms with Crippen LogP contribution in [0.4, 0.5) is 5.69 Å². The Morgan fingerprint density at radius 1 is 1.10 bits per heavy atom. The van der Waals surface area contributed by atoms with Crippen LogP contribution in [0.25, 0.3) is 0 Å². The topological polar surface area (TPSA) is 29.1 Å². The highest BCUT2D eigenvalue weighted by Gasteiger charge is 2.14. The van der Waals surface area contributed by atoms with E-state index in [0.717, 1.165) is 33.3 Å². The molecule has 2 rings (SSSR count). The van der Waals surface area contributed by atoms with Crippen molar-refractivity contribution in [3.05, 3.63) is 64.2 Å². The molecule has 0 heterocycles. The first-order valence-corrected chi connectivity index (χ1v) is 7.68. The lowest BCUT2D eigenvalue weighted by Crippen LogP contribution is -2.16. The van der Waals surface area contributed by atoms with Crippen LogP contribution in [0.5, 0.6) is 0 Å². The second-order valence-electron chi connectivity index (χ2n) is 5.02. The van der Waals surface area contributed by atoms with E-state index in [1.807, 2.05) is 57.2 Å². The highest BCUT2D eigenvalue weighted by atomic mass is 79.9. The molecule has 104 valence electrons. The van der Waals surface area contributed by atoms with Crippen LogP contribution in [0.1, 0.15) is 32.6 Å². The van der Waals surface area contributed by atoms with Gasteiger partial charge in [-0.3, -0.25) is 4.79 Å². The Bertz CT molecular complexity index is 626.